The van der Waals surface area contributed by atoms with E-state index in [0.29, 0.717) is 24.7 Å². The fourth-order valence-corrected chi connectivity index (χ4v) is 3.89. The van der Waals surface area contributed by atoms with Crippen molar-refractivity contribution in [2.24, 2.45) is 0 Å². The smallest absolute Gasteiger partial charge is 0.274 e. The number of nitro groups is 1. The summed E-state index contributed by atoms with van der Waals surface area (Å²) in [6, 6.07) is 8.67. The topological polar surface area (TPSA) is 99.0 Å². The van der Waals surface area contributed by atoms with E-state index >= 15 is 0 Å². The van der Waals surface area contributed by atoms with Crippen LogP contribution in [0.3, 0.4) is 0 Å². The largest absolute Gasteiger partial charge is 0.486 e. The number of fused-ring (bicyclic) bond motifs is 1. The molecule has 1 aliphatic rings. The van der Waals surface area contributed by atoms with Gasteiger partial charge in [0.15, 0.2) is 11.5 Å². The van der Waals surface area contributed by atoms with Gasteiger partial charge in [0, 0.05) is 19.2 Å². The lowest BCUT2D eigenvalue weighted by molar-refractivity contribution is -0.385. The third-order valence-corrected chi connectivity index (χ3v) is 5.75. The van der Waals surface area contributed by atoms with Gasteiger partial charge in [0.2, 0.25) is 0 Å². The summed E-state index contributed by atoms with van der Waals surface area (Å²) in [6.45, 7) is 2.27. The van der Waals surface area contributed by atoms with Crippen LogP contribution in [0.1, 0.15) is 5.56 Å². The molecule has 2 aromatic rings. The van der Waals surface area contributed by atoms with Gasteiger partial charge in [-0.25, -0.2) is 8.42 Å². The van der Waals surface area contributed by atoms with Crippen molar-refractivity contribution in [3.05, 3.63) is 52.1 Å². The Hall–Kier alpha value is -2.81. The van der Waals surface area contributed by atoms with Crippen LogP contribution in [0.25, 0.3) is 0 Å². The maximum Gasteiger partial charge on any atom is 0.274 e. The molecule has 25 heavy (non-hydrogen) atoms. The van der Waals surface area contributed by atoms with Gasteiger partial charge >= 0.3 is 0 Å². The predicted molar refractivity (Wildman–Crippen MR) is 90.9 cm³/mol. The van der Waals surface area contributed by atoms with Crippen molar-refractivity contribution in [1.82, 2.24) is 0 Å². The second-order valence-corrected chi connectivity index (χ2v) is 7.43. The highest BCUT2D eigenvalue weighted by Crippen LogP contribution is 2.35. The third-order valence-electron chi connectivity index (χ3n) is 3.98. The number of nitro benzene ring substituents is 1. The summed E-state index contributed by atoms with van der Waals surface area (Å²) in [6.07, 6.45) is 0. The molecule has 0 aromatic heterocycles. The molecule has 0 spiro atoms. The van der Waals surface area contributed by atoms with E-state index in [9.17, 15) is 18.5 Å². The summed E-state index contributed by atoms with van der Waals surface area (Å²) in [7, 11) is -2.56. The number of nitrogens with zero attached hydrogens (tertiary/aromatic N) is 2. The lowest BCUT2D eigenvalue weighted by Crippen LogP contribution is -2.27. The van der Waals surface area contributed by atoms with E-state index < -0.39 is 14.9 Å². The standard InChI is InChI=1S/C16H16N2O6S/c1-11-13(4-3-5-14(11)18(19)20)17(2)25(21,22)12-6-7-15-16(10-12)24-9-8-23-15/h3-7,10H,8-9H2,1-2H3. The van der Waals surface area contributed by atoms with E-state index in [1.54, 1.807) is 0 Å². The van der Waals surface area contributed by atoms with Gasteiger partial charge in [-0.1, -0.05) is 6.07 Å². The maximum absolute atomic E-state index is 12.9. The Balaban J connectivity index is 2.03. The van der Waals surface area contributed by atoms with Crippen LogP contribution in [0.5, 0.6) is 11.5 Å². The Morgan fingerprint density at radius 2 is 1.80 bits per heavy atom. The van der Waals surface area contributed by atoms with E-state index in [-0.39, 0.29) is 21.8 Å². The number of sulfonamides is 1. The van der Waals surface area contributed by atoms with Crippen molar-refractivity contribution in [1.29, 1.82) is 0 Å². The molecule has 132 valence electrons. The van der Waals surface area contributed by atoms with E-state index in [4.69, 9.17) is 9.47 Å². The lowest BCUT2D eigenvalue weighted by atomic mass is 10.1. The molecule has 0 unspecified atom stereocenters. The van der Waals surface area contributed by atoms with Crippen LogP contribution in [0, 0.1) is 17.0 Å². The predicted octanol–water partition coefficient (Wildman–Crippen LogP) is 2.50. The molecule has 0 saturated heterocycles. The second kappa shape index (κ2) is 6.25. The molecule has 0 atom stereocenters. The van der Waals surface area contributed by atoms with E-state index in [1.807, 2.05) is 0 Å². The number of hydrogen-bond donors (Lipinski definition) is 0. The Labute approximate surface area is 144 Å². The zero-order valence-electron chi connectivity index (χ0n) is 13.6. The third kappa shape index (κ3) is 2.98. The molecule has 0 saturated carbocycles. The van der Waals surface area contributed by atoms with Gasteiger partial charge in [0.05, 0.1) is 21.1 Å². The SMILES string of the molecule is Cc1c(N(C)S(=O)(=O)c2ccc3c(c2)OCCO3)cccc1[N+](=O)[O-]. The summed E-state index contributed by atoms with van der Waals surface area (Å²) >= 11 is 0. The molecule has 0 aliphatic carbocycles. The maximum atomic E-state index is 12.9. The molecule has 1 heterocycles. The van der Waals surface area contributed by atoms with Crippen LogP contribution >= 0.6 is 0 Å². The van der Waals surface area contributed by atoms with Crippen LogP contribution in [-0.2, 0) is 10.0 Å². The lowest BCUT2D eigenvalue weighted by Gasteiger charge is -2.23. The first-order valence-corrected chi connectivity index (χ1v) is 8.89. The Kier molecular flexibility index (Phi) is 4.25. The molecule has 0 bridgehead atoms. The normalized spacial score (nSPS) is 13.4. The molecule has 3 rings (SSSR count). The molecule has 2 aromatic carbocycles. The van der Waals surface area contributed by atoms with Crippen LogP contribution in [0.15, 0.2) is 41.3 Å². The van der Waals surface area contributed by atoms with Crippen LogP contribution < -0.4 is 13.8 Å². The van der Waals surface area contributed by atoms with Crippen molar-refractivity contribution in [2.75, 3.05) is 24.6 Å². The average Bonchev–Trinajstić information content (AvgIpc) is 2.60. The molecule has 9 heteroatoms. The highest BCUT2D eigenvalue weighted by molar-refractivity contribution is 7.92. The first kappa shape index (κ1) is 17.0. The minimum absolute atomic E-state index is 0.0187. The van der Waals surface area contributed by atoms with Crippen molar-refractivity contribution in [2.45, 2.75) is 11.8 Å². The van der Waals surface area contributed by atoms with Gasteiger partial charge in [-0.2, -0.15) is 0 Å². The second-order valence-electron chi connectivity index (χ2n) is 5.46. The minimum Gasteiger partial charge on any atom is -0.486 e. The van der Waals surface area contributed by atoms with E-state index in [2.05, 4.69) is 0 Å². The highest BCUT2D eigenvalue weighted by Gasteiger charge is 2.27. The summed E-state index contributed by atoms with van der Waals surface area (Å²) in [5.74, 6) is 0.843. The average molecular weight is 364 g/mol. The monoisotopic (exact) mass is 364 g/mol. The quantitative estimate of drug-likeness (QED) is 0.610. The number of rotatable bonds is 4. The van der Waals surface area contributed by atoms with Gasteiger partial charge in [0.25, 0.3) is 15.7 Å². The van der Waals surface area contributed by atoms with E-state index in [0.717, 1.165) is 4.31 Å². The van der Waals surface area contributed by atoms with Crippen molar-refractivity contribution < 1.29 is 22.8 Å². The van der Waals surface area contributed by atoms with Gasteiger partial charge in [-0.15, -0.1) is 0 Å². The first-order valence-electron chi connectivity index (χ1n) is 7.45. The van der Waals surface area contributed by atoms with Gasteiger partial charge in [-0.05, 0) is 25.1 Å². The molecule has 0 radical (unpaired) electrons. The summed E-state index contributed by atoms with van der Waals surface area (Å²) in [5, 5.41) is 11.1. The zero-order valence-corrected chi connectivity index (χ0v) is 14.4. The molecule has 1 aliphatic heterocycles. The zero-order chi connectivity index (χ0) is 18.2. The number of hydrogen-bond acceptors (Lipinski definition) is 6. The summed E-state index contributed by atoms with van der Waals surface area (Å²) in [4.78, 5) is 10.6. The molecule has 0 amide bonds. The van der Waals surface area contributed by atoms with Crippen LogP contribution in [0.4, 0.5) is 11.4 Å². The number of ether oxygens (including phenoxy) is 2. The minimum atomic E-state index is -3.92. The van der Waals surface area contributed by atoms with Crippen molar-refractivity contribution in [3.63, 3.8) is 0 Å². The fraction of sp³-hybridized carbons (Fsp3) is 0.250. The van der Waals surface area contributed by atoms with Crippen LogP contribution in [0.2, 0.25) is 0 Å². The highest BCUT2D eigenvalue weighted by atomic mass is 32.2. The molecule has 8 nitrogen and oxygen atoms in total. The van der Waals surface area contributed by atoms with Gasteiger partial charge in [0.1, 0.15) is 13.2 Å². The van der Waals surface area contributed by atoms with Crippen molar-refractivity contribution in [3.8, 4) is 11.5 Å². The van der Waals surface area contributed by atoms with Crippen molar-refractivity contribution >= 4 is 21.4 Å². The first-order chi connectivity index (χ1) is 11.8. The molecular formula is C16H16N2O6S. The summed E-state index contributed by atoms with van der Waals surface area (Å²) < 4.78 is 37.7. The van der Waals surface area contributed by atoms with Crippen LogP contribution in [-0.4, -0.2) is 33.6 Å². The Morgan fingerprint density at radius 3 is 2.48 bits per heavy atom. The van der Waals surface area contributed by atoms with E-state index in [1.165, 1.54) is 50.4 Å². The number of anilines is 1. The number of benzene rings is 2. The molecule has 0 N–H and O–H groups in total. The fourth-order valence-electron chi connectivity index (χ4n) is 2.62. The molecule has 0 fully saturated rings. The Bertz CT molecular complexity index is 942. The molecular weight excluding hydrogens is 348 g/mol. The Morgan fingerprint density at radius 1 is 1.12 bits per heavy atom. The summed E-state index contributed by atoms with van der Waals surface area (Å²) in [5.41, 5.74) is 0.377. The van der Waals surface area contributed by atoms with Gasteiger partial charge < -0.3 is 9.47 Å². The van der Waals surface area contributed by atoms with Gasteiger partial charge in [-0.3, -0.25) is 14.4 Å².